The number of rotatable bonds is 3. The van der Waals surface area contributed by atoms with Crippen molar-refractivity contribution in [2.75, 3.05) is 5.73 Å². The number of ether oxygens (including phenoxy) is 1. The van der Waals surface area contributed by atoms with Crippen LogP contribution in [0.5, 0.6) is 5.75 Å². The number of para-hydroxylation sites is 1. The first-order valence-electron chi connectivity index (χ1n) is 7.96. The minimum Gasteiger partial charge on any atom is -0.463 e. The summed E-state index contributed by atoms with van der Waals surface area (Å²) < 4.78 is 51.3. The zero-order valence-corrected chi connectivity index (χ0v) is 14.8. The number of fused-ring (bicyclic) bond motifs is 1. The number of hydrogen-bond acceptors (Lipinski definition) is 6. The number of carbonyl (C=O) groups is 1. The lowest BCUT2D eigenvalue weighted by atomic mass is 10.1. The number of halogens is 3. The van der Waals surface area contributed by atoms with Crippen molar-refractivity contribution >= 4 is 33.2 Å². The molecule has 3 heterocycles. The number of carbonyl (C=O) groups excluding carboxylic acids is 1. The first-order chi connectivity index (χ1) is 13.3. The van der Waals surface area contributed by atoms with Crippen LogP contribution in [0.3, 0.4) is 0 Å². The molecule has 9 heteroatoms. The highest BCUT2D eigenvalue weighted by Crippen LogP contribution is 2.43. The zero-order chi connectivity index (χ0) is 19.9. The van der Waals surface area contributed by atoms with Crippen molar-refractivity contribution in [3.05, 3.63) is 65.2 Å². The third kappa shape index (κ3) is 3.20. The Morgan fingerprint density at radius 2 is 1.89 bits per heavy atom. The van der Waals surface area contributed by atoms with E-state index in [0.717, 1.165) is 17.4 Å². The van der Waals surface area contributed by atoms with Crippen LogP contribution in [-0.2, 0) is 6.18 Å². The molecule has 2 N–H and O–H groups in total. The number of furan rings is 1. The number of pyridine rings is 1. The first-order valence-corrected chi connectivity index (χ1v) is 8.77. The van der Waals surface area contributed by atoms with Gasteiger partial charge >= 0.3 is 12.1 Å². The molecule has 4 aromatic rings. The average molecular weight is 404 g/mol. The minimum absolute atomic E-state index is 0.00551. The summed E-state index contributed by atoms with van der Waals surface area (Å²) in [6, 6.07) is 12.1. The Bertz CT molecular complexity index is 1150. The van der Waals surface area contributed by atoms with Gasteiger partial charge in [0.05, 0.1) is 17.5 Å². The van der Waals surface area contributed by atoms with E-state index in [9.17, 15) is 18.0 Å². The summed E-state index contributed by atoms with van der Waals surface area (Å²) in [4.78, 5) is 16.5. The van der Waals surface area contributed by atoms with Gasteiger partial charge in [-0.3, -0.25) is 0 Å². The van der Waals surface area contributed by atoms with E-state index in [-0.39, 0.29) is 38.0 Å². The number of hydrogen-bond donors (Lipinski definition) is 1. The van der Waals surface area contributed by atoms with E-state index in [0.29, 0.717) is 0 Å². The lowest BCUT2D eigenvalue weighted by Crippen LogP contribution is -2.10. The van der Waals surface area contributed by atoms with Crippen molar-refractivity contribution in [1.29, 1.82) is 0 Å². The number of esters is 1. The molecule has 28 heavy (non-hydrogen) atoms. The molecule has 0 aliphatic carbocycles. The van der Waals surface area contributed by atoms with Crippen molar-refractivity contribution in [2.24, 2.45) is 0 Å². The number of aromatic nitrogens is 1. The Hall–Kier alpha value is -3.33. The molecule has 3 aromatic heterocycles. The van der Waals surface area contributed by atoms with E-state index in [1.165, 1.54) is 12.3 Å². The highest BCUT2D eigenvalue weighted by Gasteiger charge is 2.36. The topological polar surface area (TPSA) is 78.4 Å². The van der Waals surface area contributed by atoms with Gasteiger partial charge in [0.25, 0.3) is 0 Å². The highest BCUT2D eigenvalue weighted by atomic mass is 32.1. The minimum atomic E-state index is -4.70. The Kier molecular flexibility index (Phi) is 4.31. The summed E-state index contributed by atoms with van der Waals surface area (Å²) in [5, 5.41) is -0.326. The van der Waals surface area contributed by atoms with Gasteiger partial charge in [-0.15, -0.1) is 11.3 Å². The van der Waals surface area contributed by atoms with E-state index in [1.54, 1.807) is 36.4 Å². The van der Waals surface area contributed by atoms with Gasteiger partial charge in [0.2, 0.25) is 0 Å². The van der Waals surface area contributed by atoms with E-state index in [1.807, 2.05) is 0 Å². The van der Waals surface area contributed by atoms with Gasteiger partial charge in [-0.05, 0) is 30.3 Å². The van der Waals surface area contributed by atoms with Gasteiger partial charge in [-0.1, -0.05) is 18.2 Å². The molecule has 5 nitrogen and oxygen atoms in total. The van der Waals surface area contributed by atoms with Crippen molar-refractivity contribution in [3.63, 3.8) is 0 Å². The highest BCUT2D eigenvalue weighted by molar-refractivity contribution is 7.21. The zero-order valence-electron chi connectivity index (χ0n) is 14.0. The van der Waals surface area contributed by atoms with Crippen LogP contribution >= 0.6 is 11.3 Å². The summed E-state index contributed by atoms with van der Waals surface area (Å²) >= 11 is 0.741. The number of nitrogen functional groups attached to an aromatic ring is 1. The summed E-state index contributed by atoms with van der Waals surface area (Å²) in [5.74, 6) is -0.420. The van der Waals surface area contributed by atoms with Crippen LogP contribution in [0.15, 0.2) is 59.2 Å². The molecule has 0 amide bonds. The van der Waals surface area contributed by atoms with E-state index in [2.05, 4.69) is 4.98 Å². The van der Waals surface area contributed by atoms with Gasteiger partial charge in [-0.25, -0.2) is 9.78 Å². The van der Waals surface area contributed by atoms with Gasteiger partial charge in [-0.2, -0.15) is 13.2 Å². The lowest BCUT2D eigenvalue weighted by Gasteiger charge is -2.10. The summed E-state index contributed by atoms with van der Waals surface area (Å²) in [7, 11) is 0. The first kappa shape index (κ1) is 18.1. The molecule has 0 aliphatic rings. The fourth-order valence-corrected chi connectivity index (χ4v) is 3.68. The van der Waals surface area contributed by atoms with E-state index in [4.69, 9.17) is 14.9 Å². The van der Waals surface area contributed by atoms with Gasteiger partial charge in [0, 0.05) is 5.39 Å². The number of nitrogens with two attached hydrogens (primary N) is 1. The third-order valence-electron chi connectivity index (χ3n) is 3.92. The number of anilines is 1. The van der Waals surface area contributed by atoms with Crippen LogP contribution < -0.4 is 10.5 Å². The third-order valence-corrected chi connectivity index (χ3v) is 5.00. The monoisotopic (exact) mass is 404 g/mol. The van der Waals surface area contributed by atoms with Crippen LogP contribution in [0.4, 0.5) is 18.9 Å². The Morgan fingerprint density at radius 1 is 1.14 bits per heavy atom. The van der Waals surface area contributed by atoms with Gasteiger partial charge < -0.3 is 14.9 Å². The SMILES string of the molecule is Nc1c(C(=O)Oc2ccccc2)sc2nc(-c3ccco3)cc(C(F)(F)F)c12. The molecule has 0 spiro atoms. The standard InChI is InChI=1S/C19H11F3N2O3S/c20-19(21,22)11-9-12(13-7-4-8-26-13)24-17-14(11)15(23)16(28-17)18(25)27-10-5-2-1-3-6-10/h1-9H,23H2. The van der Waals surface area contributed by atoms with E-state index < -0.39 is 17.7 Å². The molecule has 0 radical (unpaired) electrons. The second kappa shape index (κ2) is 6.68. The van der Waals surface area contributed by atoms with Crippen molar-refractivity contribution < 1.29 is 27.1 Å². The molecule has 4 rings (SSSR count). The quantitative estimate of drug-likeness (QED) is 0.367. The van der Waals surface area contributed by atoms with Gasteiger partial charge in [0.15, 0.2) is 5.76 Å². The van der Waals surface area contributed by atoms with Crippen molar-refractivity contribution in [1.82, 2.24) is 4.98 Å². The van der Waals surface area contributed by atoms with Crippen LogP contribution in [-0.4, -0.2) is 11.0 Å². The number of alkyl halides is 3. The van der Waals surface area contributed by atoms with Crippen molar-refractivity contribution in [3.8, 4) is 17.2 Å². The van der Waals surface area contributed by atoms with Crippen molar-refractivity contribution in [2.45, 2.75) is 6.18 Å². The fourth-order valence-electron chi connectivity index (χ4n) is 2.69. The fraction of sp³-hybridized carbons (Fsp3) is 0.0526. The summed E-state index contributed by atoms with van der Waals surface area (Å²) in [5.41, 5.74) is 4.60. The van der Waals surface area contributed by atoms with Crippen LogP contribution in [0, 0.1) is 0 Å². The normalized spacial score (nSPS) is 11.7. The molecule has 1 aromatic carbocycles. The Balaban J connectivity index is 1.86. The summed E-state index contributed by atoms with van der Waals surface area (Å²) in [6.45, 7) is 0. The summed E-state index contributed by atoms with van der Waals surface area (Å²) in [6.07, 6.45) is -3.36. The molecule has 0 fully saturated rings. The second-order valence-electron chi connectivity index (χ2n) is 5.76. The Morgan fingerprint density at radius 3 is 2.54 bits per heavy atom. The molecule has 0 saturated carbocycles. The van der Waals surface area contributed by atoms with E-state index >= 15 is 0 Å². The largest absolute Gasteiger partial charge is 0.463 e. The molecule has 0 bridgehead atoms. The molecule has 0 saturated heterocycles. The predicted octanol–water partition coefficient (Wildman–Crippen LogP) is 5.38. The lowest BCUT2D eigenvalue weighted by molar-refractivity contribution is -0.136. The molecule has 142 valence electrons. The maximum atomic E-state index is 13.7. The molecular weight excluding hydrogens is 393 g/mol. The predicted molar refractivity (Wildman–Crippen MR) is 98.1 cm³/mol. The number of thiophene rings is 1. The molecule has 0 atom stereocenters. The smallest absolute Gasteiger partial charge is 0.417 e. The van der Waals surface area contributed by atoms with Crippen LogP contribution in [0.1, 0.15) is 15.2 Å². The number of nitrogens with zero attached hydrogens (tertiary/aromatic N) is 1. The van der Waals surface area contributed by atoms with Crippen LogP contribution in [0.25, 0.3) is 21.7 Å². The molecule has 0 unspecified atom stereocenters. The average Bonchev–Trinajstić information content (AvgIpc) is 3.29. The molecular formula is C19H11F3N2O3S. The Labute approximate surface area is 160 Å². The van der Waals surface area contributed by atoms with Crippen LogP contribution in [0.2, 0.25) is 0 Å². The maximum absolute atomic E-state index is 13.7. The van der Waals surface area contributed by atoms with Gasteiger partial charge in [0.1, 0.15) is 21.2 Å². The number of benzene rings is 1. The maximum Gasteiger partial charge on any atom is 0.417 e. The molecule has 0 aliphatic heterocycles. The second-order valence-corrected chi connectivity index (χ2v) is 6.76.